The molecule has 3 aromatic rings. The number of hydrogen-bond donors (Lipinski definition) is 2. The van der Waals surface area contributed by atoms with Crippen molar-refractivity contribution >= 4 is 29.9 Å². The summed E-state index contributed by atoms with van der Waals surface area (Å²) >= 11 is 0. The van der Waals surface area contributed by atoms with Crippen LogP contribution in [-0.4, -0.2) is 50.6 Å². The molecule has 1 fully saturated rings. The predicted molar refractivity (Wildman–Crippen MR) is 144 cm³/mol. The van der Waals surface area contributed by atoms with Gasteiger partial charge in [0.25, 0.3) is 0 Å². The fraction of sp³-hybridized carbons (Fsp3) is 0.400. The van der Waals surface area contributed by atoms with Crippen LogP contribution in [0.4, 0.5) is 0 Å². The van der Waals surface area contributed by atoms with Gasteiger partial charge in [-0.05, 0) is 43.9 Å². The lowest BCUT2D eigenvalue weighted by Gasteiger charge is -2.38. The van der Waals surface area contributed by atoms with E-state index in [-0.39, 0.29) is 24.0 Å². The number of aliphatic imine (C=N–C) groups is 1. The monoisotopic (exact) mass is 559 g/mol. The van der Waals surface area contributed by atoms with E-state index in [2.05, 4.69) is 75.7 Å². The van der Waals surface area contributed by atoms with Gasteiger partial charge in [0, 0.05) is 50.3 Å². The summed E-state index contributed by atoms with van der Waals surface area (Å²) in [6, 6.07) is 15.8. The van der Waals surface area contributed by atoms with Crippen molar-refractivity contribution in [2.75, 3.05) is 13.1 Å². The summed E-state index contributed by atoms with van der Waals surface area (Å²) in [5.41, 5.74) is 2.46. The summed E-state index contributed by atoms with van der Waals surface area (Å²) in [6.07, 6.45) is 9.49. The van der Waals surface area contributed by atoms with E-state index in [0.717, 1.165) is 49.8 Å². The van der Waals surface area contributed by atoms with Crippen LogP contribution in [0.5, 0.6) is 0 Å². The number of imidazole rings is 1. The van der Waals surface area contributed by atoms with E-state index in [1.807, 2.05) is 23.0 Å². The van der Waals surface area contributed by atoms with Crippen LogP contribution in [0.15, 0.2) is 72.4 Å². The molecule has 0 bridgehead atoms. The molecule has 0 saturated carbocycles. The molecule has 1 aliphatic rings. The molecule has 0 amide bonds. The predicted octanol–water partition coefficient (Wildman–Crippen LogP) is 3.99. The van der Waals surface area contributed by atoms with Gasteiger partial charge in [-0.15, -0.1) is 24.0 Å². The third kappa shape index (κ3) is 7.26. The van der Waals surface area contributed by atoms with Crippen LogP contribution in [0.3, 0.4) is 0 Å². The lowest BCUT2D eigenvalue weighted by Crippen LogP contribution is -2.51. The maximum atomic E-state index is 4.80. The van der Waals surface area contributed by atoms with Gasteiger partial charge in [0.15, 0.2) is 5.96 Å². The lowest BCUT2D eigenvalue weighted by atomic mass is 9.97. The van der Waals surface area contributed by atoms with Gasteiger partial charge in [-0.2, -0.15) is 0 Å². The Hall–Kier alpha value is -2.46. The number of guanidine groups is 1. The van der Waals surface area contributed by atoms with Gasteiger partial charge in [0.05, 0.1) is 6.54 Å². The number of rotatable bonds is 7. The minimum absolute atomic E-state index is 0. The van der Waals surface area contributed by atoms with Gasteiger partial charge >= 0.3 is 0 Å². The highest BCUT2D eigenvalue weighted by molar-refractivity contribution is 14.0. The number of pyridine rings is 1. The normalized spacial score (nSPS) is 19.0. The molecule has 2 unspecified atom stereocenters. The molecule has 3 heterocycles. The highest BCUT2D eigenvalue weighted by Gasteiger charge is 2.25. The van der Waals surface area contributed by atoms with Crippen molar-refractivity contribution in [2.24, 2.45) is 4.99 Å². The number of benzene rings is 1. The zero-order valence-electron chi connectivity index (χ0n) is 19.4. The topological polar surface area (TPSA) is 70.4 Å². The molecule has 2 N–H and O–H groups in total. The summed E-state index contributed by atoms with van der Waals surface area (Å²) < 4.78 is 1.89. The van der Waals surface area contributed by atoms with Crippen LogP contribution in [0, 0.1) is 0 Å². The minimum atomic E-state index is 0. The molecular weight excluding hydrogens is 525 g/mol. The Morgan fingerprint density at radius 1 is 1.15 bits per heavy atom. The van der Waals surface area contributed by atoms with Gasteiger partial charge in [0.1, 0.15) is 12.1 Å². The standard InChI is InChI=1S/C25H33N7.HI/c1-3-27-25(29-17-22-9-10-24(28-16-22)32-14-12-26-19-32)30-23-11-13-31(20(2)15-23)18-21-7-5-4-6-8-21;/h4-10,12,14,16,19-20,23H,3,11,13,15,17-18H2,1-2H3,(H2,27,29,30);1H. The third-order valence-corrected chi connectivity index (χ3v) is 5.93. The first-order chi connectivity index (χ1) is 15.7. The van der Waals surface area contributed by atoms with Gasteiger partial charge < -0.3 is 10.6 Å². The smallest absolute Gasteiger partial charge is 0.191 e. The van der Waals surface area contributed by atoms with Crippen LogP contribution in [0.1, 0.15) is 37.8 Å². The van der Waals surface area contributed by atoms with E-state index < -0.39 is 0 Å². The fourth-order valence-electron chi connectivity index (χ4n) is 4.15. The van der Waals surface area contributed by atoms with Crippen molar-refractivity contribution in [1.29, 1.82) is 0 Å². The zero-order valence-corrected chi connectivity index (χ0v) is 21.7. The zero-order chi connectivity index (χ0) is 22.2. The molecule has 7 nitrogen and oxygen atoms in total. The number of halogens is 1. The molecule has 2 atom stereocenters. The largest absolute Gasteiger partial charge is 0.357 e. The lowest BCUT2D eigenvalue weighted by molar-refractivity contribution is 0.134. The molecule has 2 aromatic heterocycles. The number of nitrogens with zero attached hydrogens (tertiary/aromatic N) is 5. The average Bonchev–Trinajstić information content (AvgIpc) is 3.36. The van der Waals surface area contributed by atoms with Crippen molar-refractivity contribution in [2.45, 2.75) is 51.9 Å². The molecule has 33 heavy (non-hydrogen) atoms. The van der Waals surface area contributed by atoms with Gasteiger partial charge in [-0.1, -0.05) is 36.4 Å². The van der Waals surface area contributed by atoms with Gasteiger partial charge in [-0.3, -0.25) is 9.47 Å². The minimum Gasteiger partial charge on any atom is -0.357 e. The van der Waals surface area contributed by atoms with E-state index >= 15 is 0 Å². The van der Waals surface area contributed by atoms with Crippen LogP contribution in [0.2, 0.25) is 0 Å². The van der Waals surface area contributed by atoms with Crippen molar-refractivity contribution in [3.05, 3.63) is 78.5 Å². The molecular formula is C25H34IN7. The fourth-order valence-corrected chi connectivity index (χ4v) is 4.15. The van der Waals surface area contributed by atoms with E-state index in [0.29, 0.717) is 18.6 Å². The number of likely N-dealkylation sites (tertiary alicyclic amines) is 1. The highest BCUT2D eigenvalue weighted by atomic mass is 127. The summed E-state index contributed by atoms with van der Waals surface area (Å²) in [5, 5.41) is 7.05. The van der Waals surface area contributed by atoms with Crippen molar-refractivity contribution in [1.82, 2.24) is 30.1 Å². The molecule has 1 aliphatic heterocycles. The Bertz CT molecular complexity index is 974. The SMILES string of the molecule is CCNC(=NCc1ccc(-n2ccnc2)nc1)NC1CCN(Cc2ccccc2)C(C)C1.I. The molecule has 0 aliphatic carbocycles. The highest BCUT2D eigenvalue weighted by Crippen LogP contribution is 2.20. The Kier molecular flexibility index (Phi) is 9.68. The number of hydrogen-bond acceptors (Lipinski definition) is 4. The van der Waals surface area contributed by atoms with E-state index in [4.69, 9.17) is 4.99 Å². The molecule has 176 valence electrons. The number of piperidine rings is 1. The number of nitrogens with one attached hydrogen (secondary N) is 2. The third-order valence-electron chi connectivity index (χ3n) is 5.93. The molecule has 8 heteroatoms. The van der Waals surface area contributed by atoms with E-state index in [1.54, 1.807) is 12.5 Å². The summed E-state index contributed by atoms with van der Waals surface area (Å²) in [7, 11) is 0. The van der Waals surface area contributed by atoms with Crippen molar-refractivity contribution < 1.29 is 0 Å². The summed E-state index contributed by atoms with van der Waals surface area (Å²) in [5.74, 6) is 1.73. The molecule has 0 spiro atoms. The van der Waals surface area contributed by atoms with Crippen LogP contribution in [-0.2, 0) is 13.1 Å². The second-order valence-corrected chi connectivity index (χ2v) is 8.36. The Morgan fingerprint density at radius 3 is 2.67 bits per heavy atom. The second kappa shape index (κ2) is 12.7. The molecule has 4 rings (SSSR count). The molecule has 1 saturated heterocycles. The average molecular weight is 560 g/mol. The van der Waals surface area contributed by atoms with Gasteiger partial charge in [0.2, 0.25) is 0 Å². The first-order valence-corrected chi connectivity index (χ1v) is 11.5. The Balaban J connectivity index is 0.00000306. The Labute approximate surface area is 213 Å². The van der Waals surface area contributed by atoms with Crippen molar-refractivity contribution in [3.63, 3.8) is 0 Å². The number of aromatic nitrogens is 3. The van der Waals surface area contributed by atoms with Crippen LogP contribution >= 0.6 is 24.0 Å². The second-order valence-electron chi connectivity index (χ2n) is 8.36. The first kappa shape index (κ1) is 25.2. The Morgan fingerprint density at radius 2 is 2.00 bits per heavy atom. The van der Waals surface area contributed by atoms with Gasteiger partial charge in [-0.25, -0.2) is 15.0 Å². The van der Waals surface area contributed by atoms with Crippen LogP contribution < -0.4 is 10.6 Å². The summed E-state index contributed by atoms with van der Waals surface area (Å²) in [4.78, 5) is 16.0. The molecule has 1 aromatic carbocycles. The van der Waals surface area contributed by atoms with E-state index in [9.17, 15) is 0 Å². The first-order valence-electron chi connectivity index (χ1n) is 11.5. The van der Waals surface area contributed by atoms with Crippen LogP contribution in [0.25, 0.3) is 5.82 Å². The van der Waals surface area contributed by atoms with Crippen molar-refractivity contribution in [3.8, 4) is 5.82 Å². The maximum absolute atomic E-state index is 4.80. The maximum Gasteiger partial charge on any atom is 0.191 e. The van der Waals surface area contributed by atoms with E-state index in [1.165, 1.54) is 5.56 Å². The molecule has 0 radical (unpaired) electrons. The quantitative estimate of drug-likeness (QED) is 0.260. The summed E-state index contributed by atoms with van der Waals surface area (Å²) in [6.45, 7) is 7.97.